The number of anilines is 1. The first-order valence-corrected chi connectivity index (χ1v) is 8.43. The lowest BCUT2D eigenvalue weighted by Crippen LogP contribution is -2.43. The van der Waals surface area contributed by atoms with Crippen LogP contribution in [0.25, 0.3) is 0 Å². The third-order valence-corrected chi connectivity index (χ3v) is 5.40. The number of nitrogens with zero attached hydrogens (tertiary/aromatic N) is 2. The zero-order chi connectivity index (χ0) is 15.1. The molecule has 2 aliphatic heterocycles. The molecule has 1 aromatic rings. The largest absolute Gasteiger partial charge is 0.339 e. The quantitative estimate of drug-likeness (QED) is 0.841. The Morgan fingerprint density at radius 3 is 2.73 bits per heavy atom. The zero-order valence-corrected chi connectivity index (χ0v) is 12.8. The number of carbonyl (C=O) groups is 2. The van der Waals surface area contributed by atoms with Crippen molar-refractivity contribution in [2.24, 2.45) is 5.92 Å². The van der Waals surface area contributed by atoms with E-state index in [1.54, 1.807) is 0 Å². The minimum Gasteiger partial charge on any atom is -0.339 e. The van der Waals surface area contributed by atoms with E-state index in [2.05, 4.69) is 6.07 Å². The fraction of sp³-hybridized carbons (Fsp3) is 0.556. The summed E-state index contributed by atoms with van der Waals surface area (Å²) in [6, 6.07) is 8.57. The highest BCUT2D eigenvalue weighted by Gasteiger charge is 2.41. The van der Waals surface area contributed by atoms with Crippen LogP contribution in [0.2, 0.25) is 0 Å². The van der Waals surface area contributed by atoms with Gasteiger partial charge in [0, 0.05) is 31.2 Å². The molecule has 2 amide bonds. The Morgan fingerprint density at radius 2 is 1.95 bits per heavy atom. The molecule has 0 radical (unpaired) electrons. The highest BCUT2D eigenvalue weighted by molar-refractivity contribution is 5.99. The minimum absolute atomic E-state index is 0.141. The van der Waals surface area contributed by atoms with Crippen LogP contribution >= 0.6 is 0 Å². The van der Waals surface area contributed by atoms with Crippen LogP contribution in [0.3, 0.4) is 0 Å². The van der Waals surface area contributed by atoms with Crippen molar-refractivity contribution >= 4 is 17.5 Å². The summed E-state index contributed by atoms with van der Waals surface area (Å²) in [5.41, 5.74) is 2.30. The van der Waals surface area contributed by atoms with E-state index in [4.69, 9.17) is 0 Å². The highest BCUT2D eigenvalue weighted by atomic mass is 16.2. The molecular weight excluding hydrogens is 276 g/mol. The Bertz CT molecular complexity index is 609. The standard InChI is InChI=1S/C18H22N2O2/c21-17-11-14(12-20(17)15-7-3-8-15)18(22)19-10-4-6-13-5-1-2-9-16(13)19/h1-2,5,9,14-15H,3-4,6-8,10-12H2. The molecule has 116 valence electrons. The summed E-state index contributed by atoms with van der Waals surface area (Å²) in [5.74, 6) is 0.162. The second kappa shape index (κ2) is 5.41. The lowest BCUT2D eigenvalue weighted by Gasteiger charge is -2.35. The predicted molar refractivity (Wildman–Crippen MR) is 84.6 cm³/mol. The van der Waals surface area contributed by atoms with Gasteiger partial charge in [0.25, 0.3) is 0 Å². The number of fused-ring (bicyclic) bond motifs is 1. The van der Waals surface area contributed by atoms with E-state index >= 15 is 0 Å². The van der Waals surface area contributed by atoms with Gasteiger partial charge in [0.1, 0.15) is 0 Å². The van der Waals surface area contributed by atoms with E-state index in [0.29, 0.717) is 19.0 Å². The molecule has 22 heavy (non-hydrogen) atoms. The molecule has 0 N–H and O–H groups in total. The van der Waals surface area contributed by atoms with Crippen molar-refractivity contribution in [2.45, 2.75) is 44.6 Å². The van der Waals surface area contributed by atoms with Gasteiger partial charge in [-0.05, 0) is 43.7 Å². The zero-order valence-electron chi connectivity index (χ0n) is 12.8. The number of carbonyl (C=O) groups excluding carboxylic acids is 2. The van der Waals surface area contributed by atoms with Crippen molar-refractivity contribution in [3.8, 4) is 0 Å². The monoisotopic (exact) mass is 298 g/mol. The molecular formula is C18H22N2O2. The smallest absolute Gasteiger partial charge is 0.232 e. The third-order valence-electron chi connectivity index (χ3n) is 5.40. The molecule has 1 aromatic carbocycles. The van der Waals surface area contributed by atoms with E-state index in [9.17, 15) is 9.59 Å². The Labute approximate surface area is 131 Å². The molecule has 0 aromatic heterocycles. The average molecular weight is 298 g/mol. The molecule has 1 atom stereocenters. The van der Waals surface area contributed by atoms with Gasteiger partial charge in [-0.2, -0.15) is 0 Å². The van der Waals surface area contributed by atoms with Crippen LogP contribution in [-0.2, 0) is 16.0 Å². The Morgan fingerprint density at radius 1 is 1.14 bits per heavy atom. The second-order valence-electron chi connectivity index (χ2n) is 6.75. The van der Waals surface area contributed by atoms with Crippen molar-refractivity contribution in [1.82, 2.24) is 4.90 Å². The molecule has 3 aliphatic rings. The molecule has 1 saturated carbocycles. The van der Waals surface area contributed by atoms with Gasteiger partial charge in [0.05, 0.1) is 5.92 Å². The lowest BCUT2D eigenvalue weighted by atomic mass is 9.92. The van der Waals surface area contributed by atoms with Crippen molar-refractivity contribution in [1.29, 1.82) is 0 Å². The number of aryl methyl sites for hydroxylation is 1. The molecule has 4 heteroatoms. The summed E-state index contributed by atoms with van der Waals surface area (Å²) in [7, 11) is 0. The average Bonchev–Trinajstić information content (AvgIpc) is 2.86. The van der Waals surface area contributed by atoms with Crippen molar-refractivity contribution in [2.75, 3.05) is 18.0 Å². The first-order chi connectivity index (χ1) is 10.7. The SMILES string of the molecule is O=C(C1CC(=O)N(C2CCC2)C1)N1CCCc2ccccc21. The summed E-state index contributed by atoms with van der Waals surface area (Å²) < 4.78 is 0. The Hall–Kier alpha value is -1.84. The molecule has 2 heterocycles. The molecule has 0 bridgehead atoms. The highest BCUT2D eigenvalue weighted by Crippen LogP contribution is 2.33. The van der Waals surface area contributed by atoms with Gasteiger partial charge in [0.2, 0.25) is 11.8 Å². The van der Waals surface area contributed by atoms with Crippen LogP contribution < -0.4 is 4.90 Å². The van der Waals surface area contributed by atoms with Crippen LogP contribution in [0.4, 0.5) is 5.69 Å². The summed E-state index contributed by atoms with van der Waals surface area (Å²) in [5, 5.41) is 0. The number of para-hydroxylation sites is 1. The van der Waals surface area contributed by atoms with Gasteiger partial charge in [-0.1, -0.05) is 18.2 Å². The van der Waals surface area contributed by atoms with Gasteiger partial charge >= 0.3 is 0 Å². The van der Waals surface area contributed by atoms with Crippen molar-refractivity contribution in [3.63, 3.8) is 0 Å². The predicted octanol–water partition coefficient (Wildman–Crippen LogP) is 2.37. The lowest BCUT2D eigenvalue weighted by molar-refractivity contribution is -0.131. The topological polar surface area (TPSA) is 40.6 Å². The normalized spacial score (nSPS) is 25.1. The number of rotatable bonds is 2. The van der Waals surface area contributed by atoms with E-state index < -0.39 is 0 Å². The van der Waals surface area contributed by atoms with Gasteiger partial charge in [-0.15, -0.1) is 0 Å². The Balaban J connectivity index is 1.52. The van der Waals surface area contributed by atoms with Gasteiger partial charge in [-0.3, -0.25) is 9.59 Å². The van der Waals surface area contributed by atoms with E-state index in [1.165, 1.54) is 12.0 Å². The van der Waals surface area contributed by atoms with Gasteiger partial charge in [-0.25, -0.2) is 0 Å². The number of likely N-dealkylation sites (tertiary alicyclic amines) is 1. The molecule has 2 fully saturated rings. The number of benzene rings is 1. The van der Waals surface area contributed by atoms with Crippen LogP contribution in [-0.4, -0.2) is 35.8 Å². The Kier molecular flexibility index (Phi) is 3.40. The molecule has 1 saturated heterocycles. The maximum atomic E-state index is 12.9. The molecule has 0 spiro atoms. The van der Waals surface area contributed by atoms with E-state index in [-0.39, 0.29) is 17.7 Å². The fourth-order valence-electron chi connectivity index (χ4n) is 3.93. The van der Waals surface area contributed by atoms with Crippen LogP contribution in [0.15, 0.2) is 24.3 Å². The van der Waals surface area contributed by atoms with Gasteiger partial charge < -0.3 is 9.80 Å². The fourth-order valence-corrected chi connectivity index (χ4v) is 3.93. The minimum atomic E-state index is -0.153. The van der Waals surface area contributed by atoms with Crippen LogP contribution in [0, 0.1) is 5.92 Å². The maximum absolute atomic E-state index is 12.9. The first-order valence-electron chi connectivity index (χ1n) is 8.43. The van der Waals surface area contributed by atoms with Crippen LogP contribution in [0.1, 0.15) is 37.7 Å². The molecule has 1 unspecified atom stereocenters. The summed E-state index contributed by atoms with van der Waals surface area (Å²) >= 11 is 0. The van der Waals surface area contributed by atoms with E-state index in [0.717, 1.165) is 37.9 Å². The number of hydrogen-bond donors (Lipinski definition) is 0. The van der Waals surface area contributed by atoms with E-state index in [1.807, 2.05) is 28.0 Å². The summed E-state index contributed by atoms with van der Waals surface area (Å²) in [4.78, 5) is 29.0. The maximum Gasteiger partial charge on any atom is 0.232 e. The summed E-state index contributed by atoms with van der Waals surface area (Å²) in [6.45, 7) is 1.41. The molecule has 4 rings (SSSR count). The third kappa shape index (κ3) is 2.21. The molecule has 1 aliphatic carbocycles. The van der Waals surface area contributed by atoms with Crippen LogP contribution in [0.5, 0.6) is 0 Å². The van der Waals surface area contributed by atoms with Gasteiger partial charge in [0.15, 0.2) is 0 Å². The first kappa shape index (κ1) is 13.8. The second-order valence-corrected chi connectivity index (χ2v) is 6.75. The number of hydrogen-bond acceptors (Lipinski definition) is 2. The van der Waals surface area contributed by atoms with Crippen molar-refractivity contribution in [3.05, 3.63) is 29.8 Å². The van der Waals surface area contributed by atoms with Crippen molar-refractivity contribution < 1.29 is 9.59 Å². The summed E-state index contributed by atoms with van der Waals surface area (Å²) in [6.07, 6.45) is 5.88. The number of amides is 2. The molecule has 4 nitrogen and oxygen atoms in total.